The van der Waals surface area contributed by atoms with Crippen molar-refractivity contribution in [1.29, 1.82) is 0 Å². The molecular formula is C6H13N3O. The van der Waals surface area contributed by atoms with E-state index in [1.54, 1.807) is 0 Å². The molecule has 0 bridgehead atoms. The van der Waals surface area contributed by atoms with Crippen LogP contribution in [0.3, 0.4) is 0 Å². The molecule has 0 aromatic carbocycles. The molecule has 4 heteroatoms. The molecule has 0 saturated heterocycles. The zero-order valence-corrected chi connectivity index (χ0v) is 6.22. The van der Waals surface area contributed by atoms with Gasteiger partial charge in [-0.05, 0) is 13.8 Å². The van der Waals surface area contributed by atoms with Gasteiger partial charge in [-0.15, -0.1) is 0 Å². The van der Waals surface area contributed by atoms with Crippen molar-refractivity contribution in [3.63, 3.8) is 0 Å². The van der Waals surface area contributed by atoms with E-state index < -0.39 is 5.91 Å². The maximum atomic E-state index is 10.2. The number of rotatable bonds is 3. The summed E-state index contributed by atoms with van der Waals surface area (Å²) >= 11 is 0. The maximum Gasteiger partial charge on any atom is 0.245 e. The topological polar surface area (TPSA) is 81.1 Å². The van der Waals surface area contributed by atoms with Crippen molar-refractivity contribution in [2.24, 2.45) is 11.5 Å². The Morgan fingerprint density at radius 3 is 2.30 bits per heavy atom. The quantitative estimate of drug-likeness (QED) is 0.455. The SMILES string of the molecule is CC(C)NC(N)=CC(N)=O. The number of nitrogens with one attached hydrogen (secondary N) is 1. The first-order chi connectivity index (χ1) is 4.52. The van der Waals surface area contributed by atoms with E-state index in [1.165, 1.54) is 0 Å². The summed E-state index contributed by atoms with van der Waals surface area (Å²) < 4.78 is 0. The summed E-state index contributed by atoms with van der Waals surface area (Å²) in [4.78, 5) is 10.2. The summed E-state index contributed by atoms with van der Waals surface area (Å²) in [7, 11) is 0. The Bertz CT molecular complexity index is 151. The molecule has 0 saturated carbocycles. The lowest BCUT2D eigenvalue weighted by Crippen LogP contribution is -2.28. The summed E-state index contributed by atoms with van der Waals surface area (Å²) in [6.45, 7) is 3.84. The fourth-order valence-corrected chi connectivity index (χ4v) is 0.528. The third kappa shape index (κ3) is 4.96. The highest BCUT2D eigenvalue weighted by Gasteiger charge is 1.94. The monoisotopic (exact) mass is 143 g/mol. The molecule has 0 spiro atoms. The highest BCUT2D eigenvalue weighted by molar-refractivity contribution is 5.86. The van der Waals surface area contributed by atoms with Gasteiger partial charge in [0.25, 0.3) is 0 Å². The fraction of sp³-hybridized carbons (Fsp3) is 0.500. The summed E-state index contributed by atoms with van der Waals surface area (Å²) in [6, 6.07) is 0.218. The molecule has 0 aliphatic heterocycles. The lowest BCUT2D eigenvalue weighted by atomic mass is 10.4. The molecule has 0 atom stereocenters. The molecule has 0 aromatic heterocycles. The summed E-state index contributed by atoms with van der Waals surface area (Å²) in [5.41, 5.74) is 10.2. The third-order valence-corrected chi connectivity index (χ3v) is 0.753. The Hall–Kier alpha value is -1.19. The third-order valence-electron chi connectivity index (χ3n) is 0.753. The lowest BCUT2D eigenvalue weighted by molar-refractivity contribution is -0.113. The number of primary amides is 1. The van der Waals surface area contributed by atoms with E-state index in [-0.39, 0.29) is 6.04 Å². The second kappa shape index (κ2) is 3.76. The Labute approximate surface area is 60.3 Å². The van der Waals surface area contributed by atoms with Gasteiger partial charge >= 0.3 is 0 Å². The molecule has 1 amide bonds. The lowest BCUT2D eigenvalue weighted by Gasteiger charge is -2.07. The minimum Gasteiger partial charge on any atom is -0.385 e. The molecule has 58 valence electrons. The van der Waals surface area contributed by atoms with Gasteiger partial charge < -0.3 is 16.8 Å². The molecule has 0 unspecified atom stereocenters. The van der Waals surface area contributed by atoms with Crippen molar-refractivity contribution in [1.82, 2.24) is 5.32 Å². The van der Waals surface area contributed by atoms with Crippen LogP contribution < -0.4 is 16.8 Å². The zero-order valence-electron chi connectivity index (χ0n) is 6.22. The van der Waals surface area contributed by atoms with Gasteiger partial charge in [0.05, 0.1) is 0 Å². The van der Waals surface area contributed by atoms with Crippen molar-refractivity contribution in [3.8, 4) is 0 Å². The number of hydrogen-bond acceptors (Lipinski definition) is 3. The predicted molar refractivity (Wildman–Crippen MR) is 39.7 cm³/mol. The molecular weight excluding hydrogens is 130 g/mol. The van der Waals surface area contributed by atoms with Gasteiger partial charge in [-0.25, -0.2) is 0 Å². The Morgan fingerprint density at radius 2 is 2.00 bits per heavy atom. The number of nitrogens with two attached hydrogens (primary N) is 2. The Kier molecular flexibility index (Phi) is 3.32. The average Bonchev–Trinajstić information content (AvgIpc) is 1.58. The van der Waals surface area contributed by atoms with E-state index in [9.17, 15) is 4.79 Å². The van der Waals surface area contributed by atoms with Crippen LogP contribution in [0.2, 0.25) is 0 Å². The summed E-state index contributed by atoms with van der Waals surface area (Å²) in [5, 5.41) is 2.81. The van der Waals surface area contributed by atoms with Crippen LogP contribution in [0.25, 0.3) is 0 Å². The van der Waals surface area contributed by atoms with Gasteiger partial charge in [-0.2, -0.15) is 0 Å². The molecule has 4 nitrogen and oxygen atoms in total. The second-order valence-corrected chi connectivity index (χ2v) is 2.30. The number of carbonyl (C=O) groups excluding carboxylic acids is 1. The number of amides is 1. The highest BCUT2D eigenvalue weighted by atomic mass is 16.1. The number of carbonyl (C=O) groups is 1. The predicted octanol–water partition coefficient (Wildman–Crippen LogP) is -0.730. The first kappa shape index (κ1) is 8.81. The highest BCUT2D eigenvalue weighted by Crippen LogP contribution is 1.81. The van der Waals surface area contributed by atoms with Gasteiger partial charge in [0, 0.05) is 12.1 Å². The molecule has 0 fully saturated rings. The van der Waals surface area contributed by atoms with Crippen molar-refractivity contribution < 1.29 is 4.79 Å². The maximum absolute atomic E-state index is 10.2. The van der Waals surface area contributed by atoms with Gasteiger partial charge in [0.1, 0.15) is 5.82 Å². The minimum absolute atomic E-state index is 0.218. The molecule has 0 aliphatic rings. The molecule has 0 rings (SSSR count). The average molecular weight is 143 g/mol. The Morgan fingerprint density at radius 1 is 1.50 bits per heavy atom. The van der Waals surface area contributed by atoms with Crippen molar-refractivity contribution in [3.05, 3.63) is 11.9 Å². The van der Waals surface area contributed by atoms with Crippen molar-refractivity contribution in [2.45, 2.75) is 19.9 Å². The van der Waals surface area contributed by atoms with E-state index in [4.69, 9.17) is 11.5 Å². The van der Waals surface area contributed by atoms with Crippen LogP contribution in [0.1, 0.15) is 13.8 Å². The van der Waals surface area contributed by atoms with Crippen LogP contribution in [-0.2, 0) is 4.79 Å². The normalized spacial score (nSPS) is 11.7. The van der Waals surface area contributed by atoms with Crippen LogP contribution >= 0.6 is 0 Å². The van der Waals surface area contributed by atoms with Crippen LogP contribution in [0.4, 0.5) is 0 Å². The van der Waals surface area contributed by atoms with Crippen LogP contribution in [0.5, 0.6) is 0 Å². The first-order valence-electron chi connectivity index (χ1n) is 3.05. The van der Waals surface area contributed by atoms with Gasteiger partial charge in [-0.1, -0.05) is 0 Å². The van der Waals surface area contributed by atoms with Crippen LogP contribution in [-0.4, -0.2) is 11.9 Å². The molecule has 0 aliphatic carbocycles. The van der Waals surface area contributed by atoms with E-state index >= 15 is 0 Å². The van der Waals surface area contributed by atoms with Crippen molar-refractivity contribution >= 4 is 5.91 Å². The second-order valence-electron chi connectivity index (χ2n) is 2.30. The molecule has 5 N–H and O–H groups in total. The fourth-order valence-electron chi connectivity index (χ4n) is 0.528. The largest absolute Gasteiger partial charge is 0.385 e. The van der Waals surface area contributed by atoms with Crippen molar-refractivity contribution in [2.75, 3.05) is 0 Å². The van der Waals surface area contributed by atoms with E-state index in [1.807, 2.05) is 13.8 Å². The Balaban J connectivity index is 3.83. The number of hydrogen-bond donors (Lipinski definition) is 3. The molecule has 10 heavy (non-hydrogen) atoms. The molecule has 0 radical (unpaired) electrons. The summed E-state index contributed by atoms with van der Waals surface area (Å²) in [5.74, 6) is -0.229. The first-order valence-corrected chi connectivity index (χ1v) is 3.05. The van der Waals surface area contributed by atoms with Gasteiger partial charge in [-0.3, -0.25) is 4.79 Å². The molecule has 0 heterocycles. The smallest absolute Gasteiger partial charge is 0.245 e. The minimum atomic E-state index is -0.536. The summed E-state index contributed by atoms with van der Waals surface area (Å²) in [6.07, 6.45) is 1.15. The van der Waals surface area contributed by atoms with E-state index in [0.717, 1.165) is 6.08 Å². The van der Waals surface area contributed by atoms with E-state index in [0.29, 0.717) is 5.82 Å². The molecule has 0 aromatic rings. The van der Waals surface area contributed by atoms with E-state index in [2.05, 4.69) is 5.32 Å². The standard InChI is InChI=1S/C6H13N3O/c1-4(2)9-5(7)3-6(8)10/h3-4,9H,7H2,1-2H3,(H2,8,10). The van der Waals surface area contributed by atoms with Crippen LogP contribution in [0, 0.1) is 0 Å². The zero-order chi connectivity index (χ0) is 8.15. The van der Waals surface area contributed by atoms with Gasteiger partial charge in [0.2, 0.25) is 5.91 Å². The van der Waals surface area contributed by atoms with Crippen LogP contribution in [0.15, 0.2) is 11.9 Å². The van der Waals surface area contributed by atoms with Gasteiger partial charge in [0.15, 0.2) is 0 Å².